The van der Waals surface area contributed by atoms with Crippen LogP contribution in [0, 0.1) is 28.6 Å². The fraction of sp³-hybridized carbons (Fsp3) is 0.667. The molecule has 4 heteroatoms. The van der Waals surface area contributed by atoms with Crippen molar-refractivity contribution in [1.29, 1.82) is 5.26 Å². The molecule has 16 heavy (non-hydrogen) atoms. The van der Waals surface area contributed by atoms with Crippen molar-refractivity contribution in [3.8, 4) is 6.07 Å². The number of nitriles is 1. The standard InChI is InChI=1S/C12H17NO2S/c1-4-5-16-8(7-13)6-9-10(11(14)15)12(9,2)3/h6,9-10H,4-5H2,1-3H3,(H,14,15)/b8-6+/t9-,10+/m1/s1. The van der Waals surface area contributed by atoms with Crippen LogP contribution in [0.15, 0.2) is 11.0 Å². The summed E-state index contributed by atoms with van der Waals surface area (Å²) in [7, 11) is 0. The summed E-state index contributed by atoms with van der Waals surface area (Å²) in [5.74, 6) is -0.185. The highest BCUT2D eigenvalue weighted by Crippen LogP contribution is 2.59. The molecule has 88 valence electrons. The monoisotopic (exact) mass is 239 g/mol. The third kappa shape index (κ3) is 2.59. The zero-order chi connectivity index (χ0) is 12.3. The third-order valence-electron chi connectivity index (χ3n) is 3.08. The van der Waals surface area contributed by atoms with Crippen molar-refractivity contribution < 1.29 is 9.90 Å². The van der Waals surface area contributed by atoms with Gasteiger partial charge in [-0.15, -0.1) is 11.8 Å². The molecule has 0 amide bonds. The molecule has 1 rings (SSSR count). The molecule has 1 aliphatic rings. The Labute approximate surface area is 101 Å². The van der Waals surface area contributed by atoms with Crippen LogP contribution in [0.2, 0.25) is 0 Å². The normalized spacial score (nSPS) is 27.2. The van der Waals surface area contributed by atoms with Crippen LogP contribution in [0.1, 0.15) is 27.2 Å². The lowest BCUT2D eigenvalue weighted by Crippen LogP contribution is -2.03. The summed E-state index contributed by atoms with van der Waals surface area (Å²) in [6, 6.07) is 2.14. The molecular formula is C12H17NO2S. The summed E-state index contributed by atoms with van der Waals surface area (Å²) in [6.07, 6.45) is 2.85. The zero-order valence-corrected chi connectivity index (χ0v) is 10.7. The Balaban J connectivity index is 2.70. The first-order chi connectivity index (χ1) is 7.45. The Morgan fingerprint density at radius 3 is 2.62 bits per heavy atom. The van der Waals surface area contributed by atoms with Crippen molar-refractivity contribution in [2.24, 2.45) is 17.3 Å². The molecule has 0 saturated heterocycles. The highest BCUT2D eigenvalue weighted by atomic mass is 32.2. The quantitative estimate of drug-likeness (QED) is 0.749. The average molecular weight is 239 g/mol. The second-order valence-corrected chi connectivity index (χ2v) is 5.79. The van der Waals surface area contributed by atoms with Crippen LogP contribution < -0.4 is 0 Å². The lowest BCUT2D eigenvalue weighted by molar-refractivity contribution is -0.139. The van der Waals surface area contributed by atoms with E-state index in [4.69, 9.17) is 10.4 Å². The first kappa shape index (κ1) is 13.1. The van der Waals surface area contributed by atoms with Gasteiger partial charge in [-0.2, -0.15) is 5.26 Å². The van der Waals surface area contributed by atoms with Gasteiger partial charge in [0.25, 0.3) is 0 Å². The predicted molar refractivity (Wildman–Crippen MR) is 64.8 cm³/mol. The number of rotatable bonds is 5. The van der Waals surface area contributed by atoms with Crippen LogP contribution >= 0.6 is 11.8 Å². The van der Waals surface area contributed by atoms with Gasteiger partial charge in [-0.05, 0) is 23.5 Å². The maximum atomic E-state index is 11.0. The van der Waals surface area contributed by atoms with Crippen LogP contribution in [0.5, 0.6) is 0 Å². The van der Waals surface area contributed by atoms with Gasteiger partial charge in [0.15, 0.2) is 0 Å². The van der Waals surface area contributed by atoms with Gasteiger partial charge in [-0.1, -0.05) is 26.8 Å². The number of hydrogen-bond donors (Lipinski definition) is 1. The molecule has 0 spiro atoms. The molecule has 2 atom stereocenters. The van der Waals surface area contributed by atoms with Crippen molar-refractivity contribution in [2.75, 3.05) is 5.75 Å². The van der Waals surface area contributed by atoms with E-state index in [0.29, 0.717) is 4.91 Å². The average Bonchev–Trinajstić information content (AvgIpc) is 2.75. The second-order valence-electron chi connectivity index (χ2n) is 4.65. The Hall–Kier alpha value is -0.950. The van der Waals surface area contributed by atoms with Crippen LogP contribution in [-0.2, 0) is 4.79 Å². The van der Waals surface area contributed by atoms with Crippen molar-refractivity contribution in [3.05, 3.63) is 11.0 Å². The van der Waals surface area contributed by atoms with Gasteiger partial charge < -0.3 is 5.11 Å². The Bertz CT molecular complexity index is 355. The molecule has 0 aromatic heterocycles. The van der Waals surface area contributed by atoms with Crippen LogP contribution in [0.4, 0.5) is 0 Å². The molecular weight excluding hydrogens is 222 g/mol. The molecule has 0 aliphatic heterocycles. The van der Waals surface area contributed by atoms with E-state index in [-0.39, 0.29) is 17.3 Å². The van der Waals surface area contributed by atoms with E-state index in [1.165, 1.54) is 11.8 Å². The minimum absolute atomic E-state index is 0.00371. The van der Waals surface area contributed by atoms with E-state index in [0.717, 1.165) is 12.2 Å². The molecule has 1 N–H and O–H groups in total. The van der Waals surface area contributed by atoms with E-state index in [1.807, 2.05) is 19.9 Å². The molecule has 1 saturated carbocycles. The minimum atomic E-state index is -0.760. The van der Waals surface area contributed by atoms with Gasteiger partial charge in [0.05, 0.1) is 10.8 Å². The van der Waals surface area contributed by atoms with Crippen molar-refractivity contribution in [2.45, 2.75) is 27.2 Å². The Kier molecular flexibility index (Phi) is 4.03. The molecule has 0 bridgehead atoms. The van der Waals surface area contributed by atoms with Crippen molar-refractivity contribution >= 4 is 17.7 Å². The lowest BCUT2D eigenvalue weighted by atomic mass is 10.1. The SMILES string of the molecule is CCCS/C(C#N)=C/[C@@H]1[C@@H](C(=O)O)C1(C)C. The molecule has 3 nitrogen and oxygen atoms in total. The highest BCUT2D eigenvalue weighted by molar-refractivity contribution is 8.03. The number of carboxylic acid groups (broad SMARTS) is 1. The van der Waals surface area contributed by atoms with E-state index >= 15 is 0 Å². The van der Waals surface area contributed by atoms with E-state index < -0.39 is 5.97 Å². The fourth-order valence-corrected chi connectivity index (χ4v) is 2.68. The molecule has 0 unspecified atom stereocenters. The topological polar surface area (TPSA) is 61.1 Å². The minimum Gasteiger partial charge on any atom is -0.481 e. The molecule has 0 aromatic carbocycles. The number of carbonyl (C=O) groups is 1. The lowest BCUT2D eigenvalue weighted by Gasteiger charge is -1.98. The van der Waals surface area contributed by atoms with Gasteiger partial charge >= 0.3 is 5.97 Å². The van der Waals surface area contributed by atoms with Crippen LogP contribution in [0.3, 0.4) is 0 Å². The zero-order valence-electron chi connectivity index (χ0n) is 9.86. The molecule has 0 aromatic rings. The van der Waals surface area contributed by atoms with E-state index in [1.54, 1.807) is 0 Å². The number of thioether (sulfide) groups is 1. The van der Waals surface area contributed by atoms with E-state index in [2.05, 4.69) is 13.0 Å². The summed E-state index contributed by atoms with van der Waals surface area (Å²) in [5.41, 5.74) is -0.208. The first-order valence-electron chi connectivity index (χ1n) is 5.42. The van der Waals surface area contributed by atoms with Gasteiger partial charge in [-0.3, -0.25) is 4.79 Å². The first-order valence-corrected chi connectivity index (χ1v) is 6.41. The van der Waals surface area contributed by atoms with Crippen molar-refractivity contribution in [1.82, 2.24) is 0 Å². The smallest absolute Gasteiger partial charge is 0.307 e. The Morgan fingerprint density at radius 1 is 1.62 bits per heavy atom. The Morgan fingerprint density at radius 2 is 2.25 bits per heavy atom. The van der Waals surface area contributed by atoms with Gasteiger partial charge in [0.1, 0.15) is 6.07 Å². The summed E-state index contributed by atoms with van der Waals surface area (Å²) < 4.78 is 0. The van der Waals surface area contributed by atoms with Gasteiger partial charge in [0, 0.05) is 0 Å². The molecule has 0 heterocycles. The van der Waals surface area contributed by atoms with Gasteiger partial charge in [-0.25, -0.2) is 0 Å². The number of carboxylic acids is 1. The molecule has 1 fully saturated rings. The molecule has 1 aliphatic carbocycles. The molecule has 0 radical (unpaired) electrons. The number of nitrogens with zero attached hydrogens (tertiary/aromatic N) is 1. The van der Waals surface area contributed by atoms with Crippen LogP contribution in [-0.4, -0.2) is 16.8 Å². The summed E-state index contributed by atoms with van der Waals surface area (Å²) in [5, 5.41) is 17.9. The maximum absolute atomic E-state index is 11.0. The summed E-state index contributed by atoms with van der Waals surface area (Å²) in [4.78, 5) is 11.6. The predicted octanol–water partition coefficient (Wildman–Crippen LogP) is 2.89. The van der Waals surface area contributed by atoms with Crippen LogP contribution in [0.25, 0.3) is 0 Å². The summed E-state index contributed by atoms with van der Waals surface area (Å²) in [6.45, 7) is 5.93. The number of allylic oxidation sites excluding steroid dienone is 2. The summed E-state index contributed by atoms with van der Waals surface area (Å²) >= 11 is 1.51. The largest absolute Gasteiger partial charge is 0.481 e. The van der Waals surface area contributed by atoms with E-state index in [9.17, 15) is 4.79 Å². The third-order valence-corrected chi connectivity index (χ3v) is 4.23. The van der Waals surface area contributed by atoms with Crippen molar-refractivity contribution in [3.63, 3.8) is 0 Å². The van der Waals surface area contributed by atoms with Gasteiger partial charge in [0.2, 0.25) is 0 Å². The number of hydrogen-bond acceptors (Lipinski definition) is 3. The highest BCUT2D eigenvalue weighted by Gasteiger charge is 2.61. The second kappa shape index (κ2) is 4.92. The number of aliphatic carboxylic acids is 1. The maximum Gasteiger partial charge on any atom is 0.307 e. The fourth-order valence-electron chi connectivity index (χ4n) is 1.95.